The molecule has 4 nitrogen and oxygen atoms in total. The van der Waals surface area contributed by atoms with Crippen LogP contribution in [0.1, 0.15) is 30.5 Å². The van der Waals surface area contributed by atoms with Crippen molar-refractivity contribution in [3.05, 3.63) is 54.1 Å². The maximum atomic E-state index is 5.81. The highest BCUT2D eigenvalue weighted by Crippen LogP contribution is 2.19. The van der Waals surface area contributed by atoms with Gasteiger partial charge in [-0.1, -0.05) is 0 Å². The summed E-state index contributed by atoms with van der Waals surface area (Å²) in [5.74, 6) is 0.910. The summed E-state index contributed by atoms with van der Waals surface area (Å²) in [7, 11) is 0. The molecule has 0 aromatic carbocycles. The lowest BCUT2D eigenvalue weighted by Gasteiger charge is -2.08. The largest absolute Gasteiger partial charge is 0.493 e. The second-order valence-electron chi connectivity index (χ2n) is 5.45. The fourth-order valence-corrected chi connectivity index (χ4v) is 2.19. The quantitative estimate of drug-likeness (QED) is 0.757. The molecular formula is C17H21N3O. The first-order valence-electron chi connectivity index (χ1n) is 7.60. The third-order valence-electron chi connectivity index (χ3n) is 3.57. The lowest BCUT2D eigenvalue weighted by molar-refractivity contribution is 0.310. The van der Waals surface area contributed by atoms with Crippen molar-refractivity contribution < 1.29 is 4.74 Å². The van der Waals surface area contributed by atoms with E-state index in [4.69, 9.17) is 4.74 Å². The molecule has 0 unspecified atom stereocenters. The standard InChI is InChI=1S/C17H21N3O/c1(2-14-5-8-18-9-6-14)11-21-17-7-10-19-16(12-17)13-20-15-3-4-15/h5-10,12,15,20H,1-4,11,13H2. The van der Waals surface area contributed by atoms with Crippen molar-refractivity contribution in [2.75, 3.05) is 6.61 Å². The van der Waals surface area contributed by atoms with Crippen LogP contribution in [0.3, 0.4) is 0 Å². The molecule has 1 saturated carbocycles. The van der Waals surface area contributed by atoms with Gasteiger partial charge in [-0.05, 0) is 49.4 Å². The average molecular weight is 283 g/mol. The van der Waals surface area contributed by atoms with Gasteiger partial charge >= 0.3 is 0 Å². The van der Waals surface area contributed by atoms with Crippen LogP contribution in [0.2, 0.25) is 0 Å². The van der Waals surface area contributed by atoms with Crippen LogP contribution in [0.15, 0.2) is 42.9 Å². The van der Waals surface area contributed by atoms with Gasteiger partial charge in [-0.3, -0.25) is 9.97 Å². The van der Waals surface area contributed by atoms with E-state index in [0.717, 1.165) is 37.4 Å². The Hall–Kier alpha value is -1.94. The van der Waals surface area contributed by atoms with Crippen molar-refractivity contribution >= 4 is 0 Å². The molecule has 4 heteroatoms. The molecule has 3 rings (SSSR count). The molecule has 2 aromatic heterocycles. The topological polar surface area (TPSA) is 47.0 Å². The predicted octanol–water partition coefficient (Wildman–Crippen LogP) is 2.74. The van der Waals surface area contributed by atoms with Gasteiger partial charge in [0.25, 0.3) is 0 Å². The van der Waals surface area contributed by atoms with E-state index in [0.29, 0.717) is 6.04 Å². The zero-order valence-electron chi connectivity index (χ0n) is 12.2. The van der Waals surface area contributed by atoms with Gasteiger partial charge < -0.3 is 10.1 Å². The first kappa shape index (κ1) is 14.0. The van der Waals surface area contributed by atoms with E-state index in [9.17, 15) is 0 Å². The molecule has 2 aromatic rings. The minimum atomic E-state index is 0.705. The zero-order valence-corrected chi connectivity index (χ0v) is 12.2. The summed E-state index contributed by atoms with van der Waals surface area (Å²) < 4.78 is 5.81. The number of nitrogens with zero attached hydrogens (tertiary/aromatic N) is 2. The van der Waals surface area contributed by atoms with Crippen LogP contribution in [0, 0.1) is 0 Å². The smallest absolute Gasteiger partial charge is 0.122 e. The van der Waals surface area contributed by atoms with E-state index in [1.807, 2.05) is 42.9 Å². The van der Waals surface area contributed by atoms with Gasteiger partial charge in [-0.2, -0.15) is 0 Å². The van der Waals surface area contributed by atoms with Gasteiger partial charge in [0.15, 0.2) is 0 Å². The molecule has 1 aliphatic carbocycles. The van der Waals surface area contributed by atoms with E-state index in [1.165, 1.54) is 18.4 Å². The number of aromatic nitrogens is 2. The van der Waals surface area contributed by atoms with E-state index >= 15 is 0 Å². The van der Waals surface area contributed by atoms with E-state index in [2.05, 4.69) is 15.3 Å². The SMILES string of the molecule is c1cc(CCCOc2ccnc(CNC3CC3)c2)ccn1. The third kappa shape index (κ3) is 4.83. The van der Waals surface area contributed by atoms with Crippen LogP contribution in [0.5, 0.6) is 5.75 Å². The van der Waals surface area contributed by atoms with Crippen LogP contribution in [-0.4, -0.2) is 22.6 Å². The van der Waals surface area contributed by atoms with Gasteiger partial charge in [-0.25, -0.2) is 0 Å². The fourth-order valence-electron chi connectivity index (χ4n) is 2.19. The second kappa shape index (κ2) is 7.18. The number of hydrogen-bond acceptors (Lipinski definition) is 4. The first-order valence-corrected chi connectivity index (χ1v) is 7.60. The molecule has 1 fully saturated rings. The van der Waals surface area contributed by atoms with Crippen molar-refractivity contribution in [1.82, 2.24) is 15.3 Å². The summed E-state index contributed by atoms with van der Waals surface area (Å²) in [4.78, 5) is 8.39. The van der Waals surface area contributed by atoms with Gasteiger partial charge in [-0.15, -0.1) is 0 Å². The maximum Gasteiger partial charge on any atom is 0.122 e. The van der Waals surface area contributed by atoms with Crippen molar-refractivity contribution in [2.45, 2.75) is 38.3 Å². The summed E-state index contributed by atoms with van der Waals surface area (Å²) in [5, 5.41) is 3.46. The zero-order chi connectivity index (χ0) is 14.3. The Morgan fingerprint density at radius 3 is 2.81 bits per heavy atom. The average Bonchev–Trinajstić information content (AvgIpc) is 3.35. The molecule has 110 valence electrons. The van der Waals surface area contributed by atoms with E-state index in [1.54, 1.807) is 0 Å². The molecule has 0 spiro atoms. The Morgan fingerprint density at radius 2 is 2.00 bits per heavy atom. The number of nitrogens with one attached hydrogen (secondary N) is 1. The highest BCUT2D eigenvalue weighted by molar-refractivity contribution is 5.22. The maximum absolute atomic E-state index is 5.81. The molecule has 0 amide bonds. The normalized spacial score (nSPS) is 14.1. The third-order valence-corrected chi connectivity index (χ3v) is 3.57. The highest BCUT2D eigenvalue weighted by atomic mass is 16.5. The highest BCUT2D eigenvalue weighted by Gasteiger charge is 2.20. The molecule has 21 heavy (non-hydrogen) atoms. The molecular weight excluding hydrogens is 262 g/mol. The number of rotatable bonds is 8. The van der Waals surface area contributed by atoms with E-state index in [-0.39, 0.29) is 0 Å². The Balaban J connectivity index is 1.41. The lowest BCUT2D eigenvalue weighted by atomic mass is 10.1. The van der Waals surface area contributed by atoms with Gasteiger partial charge in [0.05, 0.1) is 12.3 Å². The molecule has 0 saturated heterocycles. The Morgan fingerprint density at radius 1 is 1.14 bits per heavy atom. The molecule has 0 bridgehead atoms. The number of aryl methyl sites for hydroxylation is 1. The Bertz CT molecular complexity index is 555. The van der Waals surface area contributed by atoms with Gasteiger partial charge in [0.2, 0.25) is 0 Å². The Kier molecular flexibility index (Phi) is 4.79. The van der Waals surface area contributed by atoms with Gasteiger partial charge in [0.1, 0.15) is 5.75 Å². The van der Waals surface area contributed by atoms with Crippen LogP contribution >= 0.6 is 0 Å². The first-order chi connectivity index (χ1) is 10.4. The minimum Gasteiger partial charge on any atom is -0.493 e. The molecule has 1 aliphatic rings. The Labute approximate surface area is 125 Å². The number of pyridine rings is 2. The lowest BCUT2D eigenvalue weighted by Crippen LogP contribution is -2.16. The van der Waals surface area contributed by atoms with Crippen LogP contribution < -0.4 is 10.1 Å². The van der Waals surface area contributed by atoms with Crippen molar-refractivity contribution in [1.29, 1.82) is 0 Å². The summed E-state index contributed by atoms with van der Waals surface area (Å²) in [6.45, 7) is 1.56. The van der Waals surface area contributed by atoms with Crippen LogP contribution in [0.4, 0.5) is 0 Å². The molecule has 2 heterocycles. The molecule has 1 N–H and O–H groups in total. The van der Waals surface area contributed by atoms with Crippen molar-refractivity contribution in [2.24, 2.45) is 0 Å². The number of hydrogen-bond donors (Lipinski definition) is 1. The molecule has 0 atom stereocenters. The summed E-state index contributed by atoms with van der Waals surface area (Å²) in [5.41, 5.74) is 2.35. The van der Waals surface area contributed by atoms with Crippen LogP contribution in [-0.2, 0) is 13.0 Å². The van der Waals surface area contributed by atoms with Gasteiger partial charge in [0, 0.05) is 37.2 Å². The van der Waals surface area contributed by atoms with E-state index < -0.39 is 0 Å². The molecule has 0 radical (unpaired) electrons. The number of ether oxygens (including phenoxy) is 1. The fraction of sp³-hybridized carbons (Fsp3) is 0.412. The monoisotopic (exact) mass is 283 g/mol. The summed E-state index contributed by atoms with van der Waals surface area (Å²) in [6.07, 6.45) is 10.1. The predicted molar refractivity (Wildman–Crippen MR) is 82.2 cm³/mol. The minimum absolute atomic E-state index is 0.705. The summed E-state index contributed by atoms with van der Waals surface area (Å²) in [6, 6.07) is 8.76. The summed E-state index contributed by atoms with van der Waals surface area (Å²) >= 11 is 0. The van der Waals surface area contributed by atoms with Crippen molar-refractivity contribution in [3.8, 4) is 5.75 Å². The van der Waals surface area contributed by atoms with Crippen molar-refractivity contribution in [3.63, 3.8) is 0 Å². The molecule has 0 aliphatic heterocycles. The second-order valence-corrected chi connectivity index (χ2v) is 5.45. The van der Waals surface area contributed by atoms with Crippen LogP contribution in [0.25, 0.3) is 0 Å².